The van der Waals surface area contributed by atoms with Crippen molar-refractivity contribution in [3.8, 4) is 11.1 Å². The number of nitrogens with one attached hydrogen (secondary N) is 3. The molecule has 0 saturated carbocycles. The molecular formula is C20H14F3N5S2. The number of aromatic nitrogens is 2. The summed E-state index contributed by atoms with van der Waals surface area (Å²) in [7, 11) is 0. The molecule has 2 aromatic heterocycles. The highest BCUT2D eigenvalue weighted by atomic mass is 32.1. The van der Waals surface area contributed by atoms with E-state index in [1.165, 1.54) is 29.8 Å². The largest absolute Gasteiger partial charge is 0.416 e. The fourth-order valence-corrected chi connectivity index (χ4v) is 3.94. The minimum absolute atomic E-state index is 0.0950. The lowest BCUT2D eigenvalue weighted by molar-refractivity contribution is -0.137. The second kappa shape index (κ2) is 8.25. The Kier molecular flexibility index (Phi) is 5.51. The van der Waals surface area contributed by atoms with E-state index in [1.807, 2.05) is 35.7 Å². The highest BCUT2D eigenvalue weighted by Gasteiger charge is 2.30. The first kappa shape index (κ1) is 20.0. The number of hydrogen-bond acceptors (Lipinski definition) is 5. The Labute approximate surface area is 179 Å². The average molecular weight is 445 g/mol. The predicted molar refractivity (Wildman–Crippen MR) is 117 cm³/mol. The molecule has 0 unspecified atom stereocenters. The zero-order valence-electron chi connectivity index (χ0n) is 15.2. The van der Waals surface area contributed by atoms with E-state index in [4.69, 9.17) is 12.2 Å². The Morgan fingerprint density at radius 2 is 1.80 bits per heavy atom. The van der Waals surface area contributed by atoms with Gasteiger partial charge in [0, 0.05) is 16.6 Å². The zero-order chi connectivity index (χ0) is 21.1. The van der Waals surface area contributed by atoms with Crippen LogP contribution in [0.25, 0.3) is 21.3 Å². The number of fused-ring (bicyclic) bond motifs is 1. The van der Waals surface area contributed by atoms with Crippen molar-refractivity contribution in [1.29, 1.82) is 0 Å². The maximum atomic E-state index is 12.9. The zero-order valence-corrected chi connectivity index (χ0v) is 16.8. The summed E-state index contributed by atoms with van der Waals surface area (Å²) in [6, 6.07) is 14.6. The van der Waals surface area contributed by atoms with Crippen LogP contribution in [0.4, 0.5) is 24.7 Å². The number of alkyl halides is 3. The van der Waals surface area contributed by atoms with Crippen LogP contribution in [-0.2, 0) is 6.18 Å². The van der Waals surface area contributed by atoms with Crippen molar-refractivity contribution in [3.63, 3.8) is 0 Å². The maximum absolute atomic E-state index is 12.9. The number of hydrazine groups is 1. The number of anilines is 2. The molecular weight excluding hydrogens is 431 g/mol. The number of thiocarbonyl (C=S) groups is 1. The van der Waals surface area contributed by atoms with Gasteiger partial charge in [-0.05, 0) is 36.0 Å². The highest BCUT2D eigenvalue weighted by molar-refractivity contribution is 7.80. The van der Waals surface area contributed by atoms with Crippen molar-refractivity contribution < 1.29 is 13.2 Å². The van der Waals surface area contributed by atoms with E-state index in [0.717, 1.165) is 33.5 Å². The smallest absolute Gasteiger partial charge is 0.331 e. The Morgan fingerprint density at radius 3 is 2.57 bits per heavy atom. The van der Waals surface area contributed by atoms with E-state index in [9.17, 15) is 13.2 Å². The Morgan fingerprint density at radius 1 is 1.00 bits per heavy atom. The SMILES string of the molecule is FC(F)(F)c1cccc(NC(=S)NNc2ncnc3scc(-c4ccccc4)c23)c1. The highest BCUT2D eigenvalue weighted by Crippen LogP contribution is 2.36. The molecule has 0 amide bonds. The molecule has 10 heteroatoms. The summed E-state index contributed by atoms with van der Waals surface area (Å²) >= 11 is 6.68. The molecule has 0 saturated heterocycles. The lowest BCUT2D eigenvalue weighted by Crippen LogP contribution is -2.33. The summed E-state index contributed by atoms with van der Waals surface area (Å²) in [5.74, 6) is 0.508. The van der Waals surface area contributed by atoms with Gasteiger partial charge in [0.05, 0.1) is 10.9 Å². The summed E-state index contributed by atoms with van der Waals surface area (Å²) in [6.45, 7) is 0. The van der Waals surface area contributed by atoms with Crippen LogP contribution >= 0.6 is 23.6 Å². The molecule has 0 aliphatic heterocycles. The van der Waals surface area contributed by atoms with Crippen molar-refractivity contribution in [3.05, 3.63) is 71.9 Å². The first-order chi connectivity index (χ1) is 14.4. The van der Waals surface area contributed by atoms with Gasteiger partial charge in [0.25, 0.3) is 0 Å². The van der Waals surface area contributed by atoms with Gasteiger partial charge >= 0.3 is 6.18 Å². The second-order valence-electron chi connectivity index (χ2n) is 6.20. The monoisotopic (exact) mass is 445 g/mol. The lowest BCUT2D eigenvalue weighted by atomic mass is 10.1. The first-order valence-corrected chi connectivity index (χ1v) is 9.98. The molecule has 5 nitrogen and oxygen atoms in total. The van der Waals surface area contributed by atoms with Gasteiger partial charge in [0.1, 0.15) is 11.2 Å². The predicted octanol–water partition coefficient (Wildman–Crippen LogP) is 5.69. The van der Waals surface area contributed by atoms with E-state index in [-0.39, 0.29) is 10.8 Å². The third-order valence-corrected chi connectivity index (χ3v) is 5.29. The molecule has 2 heterocycles. The summed E-state index contributed by atoms with van der Waals surface area (Å²) in [6.07, 6.45) is -2.99. The lowest BCUT2D eigenvalue weighted by Gasteiger charge is -2.14. The van der Waals surface area contributed by atoms with Crippen molar-refractivity contribution in [2.24, 2.45) is 0 Å². The van der Waals surface area contributed by atoms with Crippen LogP contribution in [0.1, 0.15) is 5.56 Å². The molecule has 3 N–H and O–H groups in total. The second-order valence-corrected chi connectivity index (χ2v) is 7.47. The number of hydrogen-bond donors (Lipinski definition) is 3. The van der Waals surface area contributed by atoms with Crippen LogP contribution in [0, 0.1) is 0 Å². The number of halogens is 3. The molecule has 0 bridgehead atoms. The quantitative estimate of drug-likeness (QED) is 0.277. The molecule has 0 aliphatic carbocycles. The molecule has 0 radical (unpaired) electrons. The molecule has 0 fully saturated rings. The molecule has 0 aliphatic rings. The Hall–Kier alpha value is -3.24. The third kappa shape index (κ3) is 4.34. The van der Waals surface area contributed by atoms with Gasteiger partial charge < -0.3 is 5.32 Å². The van der Waals surface area contributed by atoms with Crippen LogP contribution in [0.2, 0.25) is 0 Å². The van der Waals surface area contributed by atoms with Gasteiger partial charge in [-0.1, -0.05) is 36.4 Å². The van der Waals surface area contributed by atoms with Crippen molar-refractivity contribution in [2.75, 3.05) is 10.7 Å². The van der Waals surface area contributed by atoms with E-state index < -0.39 is 11.7 Å². The van der Waals surface area contributed by atoms with Gasteiger partial charge in [-0.15, -0.1) is 11.3 Å². The topological polar surface area (TPSA) is 61.9 Å². The molecule has 2 aromatic carbocycles. The number of benzene rings is 2. The Bertz CT molecular complexity index is 1190. The normalized spacial score (nSPS) is 11.3. The molecule has 4 rings (SSSR count). The number of thiophene rings is 1. The summed E-state index contributed by atoms with van der Waals surface area (Å²) in [5, 5.41) is 5.65. The van der Waals surface area contributed by atoms with E-state index >= 15 is 0 Å². The van der Waals surface area contributed by atoms with Crippen LogP contribution in [0.3, 0.4) is 0 Å². The number of nitrogens with zero attached hydrogens (tertiary/aromatic N) is 2. The molecule has 30 heavy (non-hydrogen) atoms. The fraction of sp³-hybridized carbons (Fsp3) is 0.0500. The minimum Gasteiger partial charge on any atom is -0.331 e. The first-order valence-electron chi connectivity index (χ1n) is 8.70. The minimum atomic E-state index is -4.43. The molecule has 0 atom stereocenters. The fourth-order valence-electron chi connectivity index (χ4n) is 2.85. The van der Waals surface area contributed by atoms with Gasteiger partial charge in [0.2, 0.25) is 0 Å². The van der Waals surface area contributed by atoms with Crippen LogP contribution in [-0.4, -0.2) is 15.1 Å². The maximum Gasteiger partial charge on any atom is 0.416 e. The van der Waals surface area contributed by atoms with E-state index in [2.05, 4.69) is 26.1 Å². The van der Waals surface area contributed by atoms with Crippen LogP contribution < -0.4 is 16.2 Å². The van der Waals surface area contributed by atoms with Gasteiger partial charge in [-0.25, -0.2) is 9.97 Å². The van der Waals surface area contributed by atoms with E-state index in [1.54, 1.807) is 0 Å². The van der Waals surface area contributed by atoms with Crippen LogP contribution in [0.5, 0.6) is 0 Å². The van der Waals surface area contributed by atoms with Gasteiger partial charge in [-0.3, -0.25) is 10.9 Å². The molecule has 0 spiro atoms. The van der Waals surface area contributed by atoms with E-state index in [0.29, 0.717) is 5.82 Å². The van der Waals surface area contributed by atoms with Crippen molar-refractivity contribution in [1.82, 2.24) is 15.4 Å². The van der Waals surface area contributed by atoms with Gasteiger partial charge in [0.15, 0.2) is 10.9 Å². The van der Waals surface area contributed by atoms with Gasteiger partial charge in [-0.2, -0.15) is 13.2 Å². The van der Waals surface area contributed by atoms with Crippen molar-refractivity contribution in [2.45, 2.75) is 6.18 Å². The van der Waals surface area contributed by atoms with Crippen LogP contribution in [0.15, 0.2) is 66.3 Å². The summed E-state index contributed by atoms with van der Waals surface area (Å²) in [4.78, 5) is 9.37. The average Bonchev–Trinajstić information content (AvgIpc) is 3.17. The number of rotatable bonds is 4. The molecule has 152 valence electrons. The Balaban J connectivity index is 1.52. The summed E-state index contributed by atoms with van der Waals surface area (Å²) in [5.41, 5.74) is 7.15. The third-order valence-electron chi connectivity index (χ3n) is 4.20. The molecule has 4 aromatic rings. The standard InChI is InChI=1S/C20H14F3N5S2/c21-20(22,23)13-7-4-8-14(9-13)26-19(29)28-27-17-16-15(12-5-2-1-3-6-12)10-30-18(16)25-11-24-17/h1-11H,(H,24,25,27)(H2,26,28,29). The summed E-state index contributed by atoms with van der Waals surface area (Å²) < 4.78 is 38.6. The van der Waals surface area contributed by atoms with Crippen molar-refractivity contribution >= 4 is 50.4 Å².